The topological polar surface area (TPSA) is 75.9 Å². The van der Waals surface area contributed by atoms with E-state index in [-0.39, 0.29) is 0 Å². The third-order valence-corrected chi connectivity index (χ3v) is 3.28. The highest BCUT2D eigenvalue weighted by Crippen LogP contribution is 2.28. The van der Waals surface area contributed by atoms with Gasteiger partial charge in [0.1, 0.15) is 0 Å². The van der Waals surface area contributed by atoms with Crippen molar-refractivity contribution in [1.29, 1.82) is 5.41 Å². The molecule has 1 aromatic carbocycles. The summed E-state index contributed by atoms with van der Waals surface area (Å²) in [4.78, 5) is 0.930. The lowest BCUT2D eigenvalue weighted by Crippen LogP contribution is -2.06. The Morgan fingerprint density at radius 3 is 2.81 bits per heavy atom. The first-order chi connectivity index (χ1) is 7.68. The molecule has 0 radical (unpaired) electrons. The van der Waals surface area contributed by atoms with E-state index < -0.39 is 0 Å². The van der Waals surface area contributed by atoms with Crippen LogP contribution >= 0.6 is 11.8 Å². The number of hydrogen-bond donors (Lipinski definition) is 3. The fraction of sp³-hybridized carbons (Fsp3) is 0.0833. The lowest BCUT2D eigenvalue weighted by atomic mass is 10.1. The van der Waals surface area contributed by atoms with E-state index in [4.69, 9.17) is 16.9 Å². The Morgan fingerprint density at radius 2 is 2.12 bits per heavy atom. The standard InChI is InChI=1S/C12H13N3S/c13-8-4-5-10(14)9(7-8)12(15)11-3-1-2-6-16-11/h2-7,15H,1,13-14H2. The van der Waals surface area contributed by atoms with Crippen LogP contribution in [-0.4, -0.2) is 5.71 Å². The second kappa shape index (κ2) is 4.45. The molecule has 0 amide bonds. The van der Waals surface area contributed by atoms with Crippen molar-refractivity contribution in [2.24, 2.45) is 0 Å². The van der Waals surface area contributed by atoms with Gasteiger partial charge in [0.05, 0.1) is 5.71 Å². The number of allylic oxidation sites excluding steroid dienone is 3. The molecule has 5 N–H and O–H groups in total. The molecule has 3 nitrogen and oxygen atoms in total. The lowest BCUT2D eigenvalue weighted by Gasteiger charge is -2.12. The van der Waals surface area contributed by atoms with Gasteiger partial charge in [-0.2, -0.15) is 0 Å². The zero-order valence-corrected chi connectivity index (χ0v) is 9.55. The van der Waals surface area contributed by atoms with Crippen LogP contribution in [0.2, 0.25) is 0 Å². The second-order valence-corrected chi connectivity index (χ2v) is 4.46. The van der Waals surface area contributed by atoms with E-state index in [1.165, 1.54) is 0 Å². The number of nitrogens with two attached hydrogens (primary N) is 2. The molecule has 16 heavy (non-hydrogen) atoms. The highest BCUT2D eigenvalue weighted by molar-refractivity contribution is 8.06. The molecule has 0 spiro atoms. The van der Waals surface area contributed by atoms with Crippen LogP contribution < -0.4 is 11.5 Å². The molecule has 1 heterocycles. The smallest absolute Gasteiger partial charge is 0.0769 e. The van der Waals surface area contributed by atoms with Crippen molar-refractivity contribution in [3.8, 4) is 0 Å². The zero-order chi connectivity index (χ0) is 11.5. The van der Waals surface area contributed by atoms with Crippen molar-refractivity contribution in [3.63, 3.8) is 0 Å². The Balaban J connectivity index is 2.33. The molecule has 0 atom stereocenters. The molecule has 1 aliphatic heterocycles. The first kappa shape index (κ1) is 10.8. The Hall–Kier alpha value is -1.68. The van der Waals surface area contributed by atoms with Crippen molar-refractivity contribution in [2.75, 3.05) is 11.5 Å². The monoisotopic (exact) mass is 231 g/mol. The van der Waals surface area contributed by atoms with Crippen molar-refractivity contribution in [2.45, 2.75) is 6.42 Å². The minimum atomic E-state index is 0.444. The van der Waals surface area contributed by atoms with E-state index in [2.05, 4.69) is 6.08 Å². The highest BCUT2D eigenvalue weighted by atomic mass is 32.2. The number of nitrogens with one attached hydrogen (secondary N) is 1. The molecular weight excluding hydrogens is 218 g/mol. The van der Waals surface area contributed by atoms with Crippen molar-refractivity contribution in [3.05, 3.63) is 46.2 Å². The number of benzene rings is 1. The van der Waals surface area contributed by atoms with Crippen LogP contribution in [0.1, 0.15) is 12.0 Å². The molecule has 0 bridgehead atoms. The summed E-state index contributed by atoms with van der Waals surface area (Å²) >= 11 is 1.54. The number of hydrogen-bond acceptors (Lipinski definition) is 4. The maximum atomic E-state index is 8.10. The van der Waals surface area contributed by atoms with Gasteiger partial charge in [0.25, 0.3) is 0 Å². The third kappa shape index (κ3) is 2.12. The molecule has 0 aromatic heterocycles. The van der Waals surface area contributed by atoms with Crippen LogP contribution in [-0.2, 0) is 0 Å². The summed E-state index contributed by atoms with van der Waals surface area (Å²) < 4.78 is 0. The highest BCUT2D eigenvalue weighted by Gasteiger charge is 2.12. The van der Waals surface area contributed by atoms with Crippen LogP contribution in [0.3, 0.4) is 0 Å². The van der Waals surface area contributed by atoms with Gasteiger partial charge in [0.15, 0.2) is 0 Å². The van der Waals surface area contributed by atoms with E-state index >= 15 is 0 Å². The van der Waals surface area contributed by atoms with Crippen LogP contribution in [0.4, 0.5) is 11.4 Å². The van der Waals surface area contributed by atoms with Gasteiger partial charge < -0.3 is 11.5 Å². The van der Waals surface area contributed by atoms with Gasteiger partial charge in [0, 0.05) is 21.8 Å². The van der Waals surface area contributed by atoms with Crippen LogP contribution in [0, 0.1) is 5.41 Å². The number of thioether (sulfide) groups is 1. The van der Waals surface area contributed by atoms with Gasteiger partial charge in [-0.15, -0.1) is 0 Å². The zero-order valence-electron chi connectivity index (χ0n) is 8.73. The van der Waals surface area contributed by atoms with Gasteiger partial charge in [-0.25, -0.2) is 0 Å². The molecule has 1 aromatic rings. The minimum absolute atomic E-state index is 0.444. The number of rotatable bonds is 2. The number of nitrogen functional groups attached to an aromatic ring is 2. The predicted octanol–water partition coefficient (Wildman–Crippen LogP) is 2.75. The fourth-order valence-electron chi connectivity index (χ4n) is 1.48. The summed E-state index contributed by atoms with van der Waals surface area (Å²) in [6.07, 6.45) is 4.95. The first-order valence-electron chi connectivity index (χ1n) is 4.94. The average Bonchev–Trinajstić information content (AvgIpc) is 2.32. The maximum Gasteiger partial charge on any atom is 0.0769 e. The normalized spacial score (nSPS) is 14.6. The Morgan fingerprint density at radius 1 is 1.31 bits per heavy atom. The third-order valence-electron chi connectivity index (χ3n) is 2.32. The van der Waals surface area contributed by atoms with Crippen LogP contribution in [0.25, 0.3) is 0 Å². The Labute approximate surface area is 98.7 Å². The van der Waals surface area contributed by atoms with Gasteiger partial charge in [0.2, 0.25) is 0 Å². The van der Waals surface area contributed by atoms with E-state index in [1.807, 2.05) is 11.5 Å². The maximum absolute atomic E-state index is 8.10. The predicted molar refractivity (Wildman–Crippen MR) is 71.5 cm³/mol. The average molecular weight is 231 g/mol. The molecule has 4 heteroatoms. The van der Waals surface area contributed by atoms with Gasteiger partial charge in [-0.05, 0) is 30.0 Å². The molecule has 0 unspecified atom stereocenters. The first-order valence-corrected chi connectivity index (χ1v) is 5.82. The SMILES string of the molecule is N=C(C1=CCC=CS1)c1cc(N)ccc1N. The van der Waals surface area contributed by atoms with E-state index in [1.54, 1.807) is 30.0 Å². The number of anilines is 2. The van der Waals surface area contributed by atoms with Crippen molar-refractivity contribution in [1.82, 2.24) is 0 Å². The summed E-state index contributed by atoms with van der Waals surface area (Å²) in [6.45, 7) is 0. The molecule has 2 rings (SSSR count). The second-order valence-electron chi connectivity index (χ2n) is 3.52. The summed E-state index contributed by atoms with van der Waals surface area (Å²) in [7, 11) is 0. The molecule has 0 fully saturated rings. The fourth-order valence-corrected chi connectivity index (χ4v) is 2.26. The summed E-state index contributed by atoms with van der Waals surface area (Å²) in [6, 6.07) is 5.23. The quantitative estimate of drug-likeness (QED) is 0.541. The summed E-state index contributed by atoms with van der Waals surface area (Å²) in [5, 5.41) is 10.1. The van der Waals surface area contributed by atoms with Crippen molar-refractivity contribution >= 4 is 28.8 Å². The van der Waals surface area contributed by atoms with Gasteiger partial charge >= 0.3 is 0 Å². The summed E-state index contributed by atoms with van der Waals surface area (Å²) in [5.74, 6) is 0. The molecule has 82 valence electrons. The van der Waals surface area contributed by atoms with E-state index in [9.17, 15) is 0 Å². The molecule has 0 saturated heterocycles. The van der Waals surface area contributed by atoms with E-state index in [0.717, 1.165) is 11.3 Å². The Bertz CT molecular complexity index is 489. The summed E-state index contributed by atoms with van der Waals surface area (Å²) in [5.41, 5.74) is 13.9. The van der Waals surface area contributed by atoms with E-state index in [0.29, 0.717) is 22.6 Å². The lowest BCUT2D eigenvalue weighted by molar-refractivity contribution is 1.38. The van der Waals surface area contributed by atoms with Crippen LogP contribution in [0.5, 0.6) is 0 Å². The largest absolute Gasteiger partial charge is 0.399 e. The van der Waals surface area contributed by atoms with Gasteiger partial charge in [-0.3, -0.25) is 5.41 Å². The van der Waals surface area contributed by atoms with Crippen LogP contribution in [0.15, 0.2) is 40.7 Å². The molecule has 1 aliphatic rings. The Kier molecular flexibility index (Phi) is 3.01. The van der Waals surface area contributed by atoms with Crippen molar-refractivity contribution < 1.29 is 0 Å². The minimum Gasteiger partial charge on any atom is -0.399 e. The molecule has 0 saturated carbocycles. The molecule has 0 aliphatic carbocycles. The molecular formula is C12H13N3S. The van der Waals surface area contributed by atoms with Gasteiger partial charge in [-0.1, -0.05) is 23.9 Å².